The van der Waals surface area contributed by atoms with Crippen molar-refractivity contribution in [1.29, 1.82) is 0 Å². The highest BCUT2D eigenvalue weighted by Crippen LogP contribution is 2.27. The lowest BCUT2D eigenvalue weighted by Crippen LogP contribution is -2.33. The van der Waals surface area contributed by atoms with Gasteiger partial charge in [-0.3, -0.25) is 14.5 Å². The third-order valence-electron chi connectivity index (χ3n) is 3.94. The van der Waals surface area contributed by atoms with Crippen LogP contribution in [0.5, 0.6) is 0 Å². The predicted molar refractivity (Wildman–Crippen MR) is 106 cm³/mol. The number of hydrogen-bond donors (Lipinski definition) is 2. The number of halogens is 1. The fourth-order valence-electron chi connectivity index (χ4n) is 2.60. The normalized spacial score (nSPS) is 13.4. The van der Waals surface area contributed by atoms with E-state index in [9.17, 15) is 4.79 Å². The minimum atomic E-state index is -0.478. The molecule has 3 aromatic rings. The van der Waals surface area contributed by atoms with E-state index < -0.39 is 6.04 Å². The van der Waals surface area contributed by atoms with Gasteiger partial charge in [-0.2, -0.15) is 5.10 Å². The van der Waals surface area contributed by atoms with Gasteiger partial charge in [-0.05, 0) is 49.1 Å². The molecule has 2 aromatic heterocycles. The number of aromatic nitrogens is 3. The van der Waals surface area contributed by atoms with E-state index in [-0.39, 0.29) is 11.9 Å². The highest BCUT2D eigenvalue weighted by molar-refractivity contribution is 9.10. The summed E-state index contributed by atoms with van der Waals surface area (Å²) >= 11 is 10.4. The van der Waals surface area contributed by atoms with Crippen molar-refractivity contribution in [2.75, 3.05) is 0 Å². The van der Waals surface area contributed by atoms with Gasteiger partial charge in [0.2, 0.25) is 5.91 Å². The lowest BCUT2D eigenvalue weighted by atomic mass is 10.1. The van der Waals surface area contributed by atoms with Crippen LogP contribution in [-0.4, -0.2) is 20.7 Å². The zero-order valence-electron chi connectivity index (χ0n) is 13.7. The molecule has 0 fully saturated rings. The molecule has 2 atom stereocenters. The monoisotopic (exact) mass is 436 g/mol. The van der Waals surface area contributed by atoms with Gasteiger partial charge in [-0.25, -0.2) is 0 Å². The molecule has 0 saturated heterocycles. The van der Waals surface area contributed by atoms with Gasteiger partial charge >= 0.3 is 0 Å². The summed E-state index contributed by atoms with van der Waals surface area (Å²) in [7, 11) is 0. The van der Waals surface area contributed by atoms with E-state index in [4.69, 9.17) is 12.2 Å². The number of amides is 1. The van der Waals surface area contributed by atoms with Crippen molar-refractivity contribution in [3.05, 3.63) is 56.6 Å². The maximum Gasteiger partial charge on any atom is 0.243 e. The second kappa shape index (κ2) is 7.63. The first-order chi connectivity index (χ1) is 12.0. The number of rotatable bonds is 5. The number of hydrogen-bond acceptors (Lipinski definition) is 4. The summed E-state index contributed by atoms with van der Waals surface area (Å²) in [6.45, 7) is 3.78. The van der Waals surface area contributed by atoms with Gasteiger partial charge in [0, 0.05) is 4.47 Å². The molecule has 2 N–H and O–H groups in total. The van der Waals surface area contributed by atoms with E-state index in [1.165, 1.54) is 0 Å². The molecule has 3 rings (SSSR count). The van der Waals surface area contributed by atoms with Gasteiger partial charge in [0.05, 0.1) is 10.9 Å². The molecule has 0 radical (unpaired) electrons. The Balaban J connectivity index is 1.83. The van der Waals surface area contributed by atoms with Crippen LogP contribution < -0.4 is 5.32 Å². The van der Waals surface area contributed by atoms with Crippen molar-refractivity contribution >= 4 is 45.4 Å². The average molecular weight is 437 g/mol. The SMILES string of the molecule is C[C@H](NC(=O)[C@H](C)n1c(-c2cccs2)n[nH]c1=S)c1ccccc1Br. The van der Waals surface area contributed by atoms with Crippen LogP contribution in [0.4, 0.5) is 0 Å². The maximum atomic E-state index is 12.8. The Labute approximate surface area is 163 Å². The number of carbonyl (C=O) groups is 1. The number of H-pyrrole nitrogens is 1. The number of nitrogens with one attached hydrogen (secondary N) is 2. The van der Waals surface area contributed by atoms with Crippen LogP contribution >= 0.6 is 39.5 Å². The first-order valence-electron chi connectivity index (χ1n) is 7.74. The van der Waals surface area contributed by atoms with E-state index in [0.29, 0.717) is 10.6 Å². The molecule has 5 nitrogen and oxygen atoms in total. The van der Waals surface area contributed by atoms with Crippen LogP contribution in [0.2, 0.25) is 0 Å². The lowest BCUT2D eigenvalue weighted by Gasteiger charge is -2.20. The molecule has 2 heterocycles. The second-order valence-corrected chi connectivity index (χ2v) is 7.82. The molecule has 0 aliphatic heterocycles. The molecule has 0 aliphatic carbocycles. The summed E-state index contributed by atoms with van der Waals surface area (Å²) in [5, 5.41) is 12.1. The molecule has 0 spiro atoms. The zero-order valence-corrected chi connectivity index (χ0v) is 16.9. The van der Waals surface area contributed by atoms with Crippen molar-refractivity contribution in [1.82, 2.24) is 20.1 Å². The van der Waals surface area contributed by atoms with E-state index in [2.05, 4.69) is 31.4 Å². The number of thiophene rings is 1. The molecule has 0 saturated carbocycles. The first-order valence-corrected chi connectivity index (χ1v) is 9.82. The van der Waals surface area contributed by atoms with Crippen LogP contribution in [0.1, 0.15) is 31.5 Å². The number of carbonyl (C=O) groups excluding carboxylic acids is 1. The molecular weight excluding hydrogens is 420 g/mol. The Bertz CT molecular complexity index is 932. The zero-order chi connectivity index (χ0) is 18.0. The quantitative estimate of drug-likeness (QED) is 0.560. The third-order valence-corrected chi connectivity index (χ3v) is 5.82. The van der Waals surface area contributed by atoms with Crippen LogP contribution in [0.3, 0.4) is 0 Å². The molecule has 0 bridgehead atoms. The molecule has 1 aromatic carbocycles. The smallest absolute Gasteiger partial charge is 0.243 e. The Morgan fingerprint density at radius 2 is 2.08 bits per heavy atom. The summed E-state index contributed by atoms with van der Waals surface area (Å²) in [4.78, 5) is 13.7. The third kappa shape index (κ3) is 3.75. The molecule has 0 aliphatic rings. The van der Waals surface area contributed by atoms with Gasteiger partial charge in [-0.1, -0.05) is 40.2 Å². The highest BCUT2D eigenvalue weighted by Gasteiger charge is 2.23. The summed E-state index contributed by atoms with van der Waals surface area (Å²) in [6, 6.07) is 11.1. The minimum Gasteiger partial charge on any atom is -0.348 e. The van der Waals surface area contributed by atoms with Crippen molar-refractivity contribution < 1.29 is 4.79 Å². The minimum absolute atomic E-state index is 0.112. The van der Waals surface area contributed by atoms with Gasteiger partial charge in [0.25, 0.3) is 0 Å². The van der Waals surface area contributed by atoms with E-state index in [0.717, 1.165) is 14.9 Å². The Morgan fingerprint density at radius 3 is 2.76 bits per heavy atom. The van der Waals surface area contributed by atoms with Gasteiger partial charge < -0.3 is 5.32 Å². The fraction of sp³-hybridized carbons (Fsp3) is 0.235. The fourth-order valence-corrected chi connectivity index (χ4v) is 4.23. The molecule has 1 amide bonds. The first kappa shape index (κ1) is 18.0. The largest absolute Gasteiger partial charge is 0.348 e. The van der Waals surface area contributed by atoms with Crippen molar-refractivity contribution in [3.63, 3.8) is 0 Å². The predicted octanol–water partition coefficient (Wildman–Crippen LogP) is 4.87. The van der Waals surface area contributed by atoms with Crippen molar-refractivity contribution in [2.45, 2.75) is 25.9 Å². The number of aromatic amines is 1. The summed E-state index contributed by atoms with van der Waals surface area (Å²) in [6.07, 6.45) is 0. The Hall–Kier alpha value is -1.77. The Kier molecular flexibility index (Phi) is 5.51. The van der Waals surface area contributed by atoms with Gasteiger partial charge in [-0.15, -0.1) is 11.3 Å². The highest BCUT2D eigenvalue weighted by atomic mass is 79.9. The maximum absolute atomic E-state index is 12.8. The standard InChI is InChI=1S/C17H17BrN4OS2/c1-10(12-6-3-4-7-13(12)18)19-16(23)11(2)22-15(20-21-17(22)24)14-8-5-9-25-14/h3-11H,1-2H3,(H,19,23)(H,21,24)/t10-,11-/m0/s1. The summed E-state index contributed by atoms with van der Waals surface area (Å²) in [5.74, 6) is 0.565. The van der Waals surface area contributed by atoms with Crippen LogP contribution in [0.15, 0.2) is 46.3 Å². The van der Waals surface area contributed by atoms with E-state index >= 15 is 0 Å². The van der Waals surface area contributed by atoms with Gasteiger partial charge in [0.1, 0.15) is 6.04 Å². The molecular formula is C17H17BrN4OS2. The second-order valence-electron chi connectivity index (χ2n) is 5.63. The van der Waals surface area contributed by atoms with E-state index in [1.54, 1.807) is 15.9 Å². The van der Waals surface area contributed by atoms with E-state index in [1.807, 2.05) is 55.6 Å². The Morgan fingerprint density at radius 1 is 1.32 bits per heavy atom. The van der Waals surface area contributed by atoms with Crippen LogP contribution in [-0.2, 0) is 4.79 Å². The summed E-state index contributed by atoms with van der Waals surface area (Å²) in [5.41, 5.74) is 1.03. The lowest BCUT2D eigenvalue weighted by molar-refractivity contribution is -0.124. The summed E-state index contributed by atoms with van der Waals surface area (Å²) < 4.78 is 3.15. The van der Waals surface area contributed by atoms with Crippen molar-refractivity contribution in [3.8, 4) is 10.7 Å². The molecule has 8 heteroatoms. The number of benzene rings is 1. The topological polar surface area (TPSA) is 62.7 Å². The molecule has 130 valence electrons. The average Bonchev–Trinajstić information content (AvgIpc) is 3.23. The van der Waals surface area contributed by atoms with Crippen molar-refractivity contribution in [2.24, 2.45) is 0 Å². The van der Waals surface area contributed by atoms with Gasteiger partial charge in [0.15, 0.2) is 10.6 Å². The number of nitrogens with zero attached hydrogens (tertiary/aromatic N) is 2. The molecule has 25 heavy (non-hydrogen) atoms. The van der Waals surface area contributed by atoms with Crippen LogP contribution in [0.25, 0.3) is 10.7 Å². The molecule has 0 unspecified atom stereocenters. The van der Waals surface area contributed by atoms with Crippen LogP contribution in [0, 0.1) is 4.77 Å².